The van der Waals surface area contributed by atoms with Gasteiger partial charge in [-0.1, -0.05) is 6.07 Å². The summed E-state index contributed by atoms with van der Waals surface area (Å²) in [6.07, 6.45) is 2.74. The Morgan fingerprint density at radius 2 is 2.25 bits per heavy atom. The topological polar surface area (TPSA) is 87.3 Å². The Bertz CT molecular complexity index is 663. The smallest absolute Gasteiger partial charge is 0.341 e. The van der Waals surface area contributed by atoms with E-state index in [4.69, 9.17) is 4.74 Å². The normalized spacial score (nSPS) is 10.3. The summed E-state index contributed by atoms with van der Waals surface area (Å²) in [5.41, 5.74) is 1.35. The SMILES string of the molecule is CCOC(=O)c1cnn(-c2cc(C)ccc2[N+](=O)[O-])c1. The summed E-state index contributed by atoms with van der Waals surface area (Å²) in [6, 6.07) is 4.70. The molecule has 0 atom stereocenters. The Hall–Kier alpha value is -2.70. The Morgan fingerprint density at radius 1 is 1.50 bits per heavy atom. The lowest BCUT2D eigenvalue weighted by molar-refractivity contribution is -0.384. The van der Waals surface area contributed by atoms with Crippen LogP contribution < -0.4 is 0 Å². The van der Waals surface area contributed by atoms with Crippen LogP contribution >= 0.6 is 0 Å². The summed E-state index contributed by atoms with van der Waals surface area (Å²) in [5, 5.41) is 15.0. The molecule has 1 aromatic carbocycles. The van der Waals surface area contributed by atoms with Crippen LogP contribution in [-0.4, -0.2) is 27.3 Å². The van der Waals surface area contributed by atoms with E-state index in [9.17, 15) is 14.9 Å². The van der Waals surface area contributed by atoms with Gasteiger partial charge in [0, 0.05) is 12.3 Å². The molecule has 0 saturated heterocycles. The van der Waals surface area contributed by atoms with Crippen molar-refractivity contribution in [1.29, 1.82) is 0 Å². The van der Waals surface area contributed by atoms with Gasteiger partial charge in [-0.2, -0.15) is 5.10 Å². The van der Waals surface area contributed by atoms with E-state index in [0.29, 0.717) is 5.69 Å². The molecule has 2 aromatic rings. The van der Waals surface area contributed by atoms with E-state index in [0.717, 1.165) is 5.56 Å². The molecule has 0 bridgehead atoms. The minimum atomic E-state index is -0.506. The zero-order chi connectivity index (χ0) is 14.7. The summed E-state index contributed by atoms with van der Waals surface area (Å²) >= 11 is 0. The van der Waals surface area contributed by atoms with Gasteiger partial charge in [0.1, 0.15) is 5.69 Å². The van der Waals surface area contributed by atoms with Crippen molar-refractivity contribution in [3.05, 3.63) is 51.8 Å². The van der Waals surface area contributed by atoms with Crippen molar-refractivity contribution in [2.45, 2.75) is 13.8 Å². The van der Waals surface area contributed by atoms with Crippen LogP contribution in [0.3, 0.4) is 0 Å². The molecule has 1 aromatic heterocycles. The van der Waals surface area contributed by atoms with E-state index >= 15 is 0 Å². The van der Waals surface area contributed by atoms with Crippen molar-refractivity contribution in [1.82, 2.24) is 9.78 Å². The maximum Gasteiger partial charge on any atom is 0.341 e. The number of carbonyl (C=O) groups is 1. The van der Waals surface area contributed by atoms with Gasteiger partial charge in [-0.05, 0) is 25.5 Å². The average molecular weight is 275 g/mol. The largest absolute Gasteiger partial charge is 0.462 e. The molecule has 0 spiro atoms. The second-order valence-corrected chi connectivity index (χ2v) is 4.14. The number of aryl methyl sites for hydroxylation is 1. The van der Waals surface area contributed by atoms with Crippen LogP contribution in [0.2, 0.25) is 0 Å². The van der Waals surface area contributed by atoms with E-state index in [2.05, 4.69) is 5.10 Å². The van der Waals surface area contributed by atoms with E-state index < -0.39 is 10.9 Å². The number of rotatable bonds is 4. The lowest BCUT2D eigenvalue weighted by atomic mass is 10.2. The first kappa shape index (κ1) is 13.7. The zero-order valence-corrected chi connectivity index (χ0v) is 11.1. The van der Waals surface area contributed by atoms with Crippen molar-refractivity contribution >= 4 is 11.7 Å². The van der Waals surface area contributed by atoms with Gasteiger partial charge in [0.05, 0.1) is 23.3 Å². The molecule has 0 aliphatic rings. The highest BCUT2D eigenvalue weighted by molar-refractivity contribution is 5.88. The van der Waals surface area contributed by atoms with E-state index in [1.54, 1.807) is 19.1 Å². The molecule has 104 valence electrons. The number of nitrogens with zero attached hydrogens (tertiary/aromatic N) is 3. The fourth-order valence-electron chi connectivity index (χ4n) is 1.75. The van der Waals surface area contributed by atoms with Crippen molar-refractivity contribution < 1.29 is 14.5 Å². The lowest BCUT2D eigenvalue weighted by Gasteiger charge is -2.04. The van der Waals surface area contributed by atoms with Crippen LogP contribution in [0.4, 0.5) is 5.69 Å². The summed E-state index contributed by atoms with van der Waals surface area (Å²) in [4.78, 5) is 22.1. The number of ether oxygens (including phenoxy) is 1. The highest BCUT2D eigenvalue weighted by Gasteiger charge is 2.18. The summed E-state index contributed by atoms with van der Waals surface area (Å²) in [7, 11) is 0. The molecule has 0 amide bonds. The average Bonchev–Trinajstić information content (AvgIpc) is 2.88. The molecule has 0 fully saturated rings. The van der Waals surface area contributed by atoms with Gasteiger partial charge < -0.3 is 4.74 Å². The number of hydrogen-bond donors (Lipinski definition) is 0. The number of aromatic nitrogens is 2. The molecular formula is C13H13N3O4. The minimum absolute atomic E-state index is 0.0749. The molecule has 7 heteroatoms. The van der Waals surface area contributed by atoms with Gasteiger partial charge in [0.15, 0.2) is 0 Å². The summed E-state index contributed by atoms with van der Waals surface area (Å²) < 4.78 is 6.16. The number of esters is 1. The van der Waals surface area contributed by atoms with Crippen LogP contribution in [0.25, 0.3) is 5.69 Å². The first-order valence-electron chi connectivity index (χ1n) is 6.00. The third kappa shape index (κ3) is 2.66. The predicted octanol–water partition coefficient (Wildman–Crippen LogP) is 2.27. The monoisotopic (exact) mass is 275 g/mol. The molecule has 1 heterocycles. The molecule has 0 saturated carbocycles. The number of benzene rings is 1. The molecule has 0 N–H and O–H groups in total. The highest BCUT2D eigenvalue weighted by Crippen LogP contribution is 2.23. The number of hydrogen-bond acceptors (Lipinski definition) is 5. The molecule has 2 rings (SSSR count). The second-order valence-electron chi connectivity index (χ2n) is 4.14. The van der Waals surface area contributed by atoms with Crippen LogP contribution in [0.1, 0.15) is 22.8 Å². The van der Waals surface area contributed by atoms with Gasteiger partial charge in [0.25, 0.3) is 5.69 Å². The summed E-state index contributed by atoms with van der Waals surface area (Å²) in [5.74, 6) is -0.506. The molecular weight excluding hydrogens is 262 g/mol. The van der Waals surface area contributed by atoms with E-state index in [1.807, 2.05) is 6.92 Å². The molecule has 0 aliphatic heterocycles. The first-order chi connectivity index (χ1) is 9.52. The van der Waals surface area contributed by atoms with Crippen molar-refractivity contribution in [3.8, 4) is 5.69 Å². The van der Waals surface area contributed by atoms with Gasteiger partial charge in [-0.15, -0.1) is 0 Å². The van der Waals surface area contributed by atoms with Gasteiger partial charge >= 0.3 is 5.97 Å². The van der Waals surface area contributed by atoms with Crippen LogP contribution in [0.15, 0.2) is 30.6 Å². The second kappa shape index (κ2) is 5.52. The molecule has 0 radical (unpaired) electrons. The highest BCUT2D eigenvalue weighted by atomic mass is 16.6. The Labute approximate surface area is 114 Å². The van der Waals surface area contributed by atoms with Crippen molar-refractivity contribution in [2.24, 2.45) is 0 Å². The van der Waals surface area contributed by atoms with Gasteiger partial charge in [-0.3, -0.25) is 10.1 Å². The zero-order valence-electron chi connectivity index (χ0n) is 11.1. The number of carbonyl (C=O) groups excluding carboxylic acids is 1. The van der Waals surface area contributed by atoms with Crippen LogP contribution in [0.5, 0.6) is 0 Å². The van der Waals surface area contributed by atoms with Gasteiger partial charge in [-0.25, -0.2) is 9.48 Å². The molecule has 0 unspecified atom stereocenters. The molecule has 7 nitrogen and oxygen atoms in total. The van der Waals surface area contributed by atoms with Crippen LogP contribution in [0, 0.1) is 17.0 Å². The fourth-order valence-corrected chi connectivity index (χ4v) is 1.75. The van der Waals surface area contributed by atoms with Crippen LogP contribution in [-0.2, 0) is 4.74 Å². The predicted molar refractivity (Wildman–Crippen MR) is 70.9 cm³/mol. The molecule has 20 heavy (non-hydrogen) atoms. The van der Waals surface area contributed by atoms with E-state index in [1.165, 1.54) is 23.1 Å². The maximum atomic E-state index is 11.6. The Morgan fingerprint density at radius 3 is 2.90 bits per heavy atom. The Kier molecular flexibility index (Phi) is 3.79. The fraction of sp³-hybridized carbons (Fsp3) is 0.231. The van der Waals surface area contributed by atoms with Gasteiger partial charge in [0.2, 0.25) is 0 Å². The Balaban J connectivity index is 2.44. The standard InChI is InChI=1S/C13H13N3O4/c1-3-20-13(17)10-7-14-15(8-10)12-6-9(2)4-5-11(12)16(18)19/h4-8H,3H2,1-2H3. The maximum absolute atomic E-state index is 11.6. The summed E-state index contributed by atoms with van der Waals surface area (Å²) in [6.45, 7) is 3.78. The third-order valence-electron chi connectivity index (χ3n) is 2.67. The lowest BCUT2D eigenvalue weighted by Crippen LogP contribution is -2.04. The number of nitro groups is 1. The molecule has 0 aliphatic carbocycles. The third-order valence-corrected chi connectivity index (χ3v) is 2.67. The first-order valence-corrected chi connectivity index (χ1v) is 6.00. The minimum Gasteiger partial charge on any atom is -0.462 e. The van der Waals surface area contributed by atoms with Crippen molar-refractivity contribution in [3.63, 3.8) is 0 Å². The van der Waals surface area contributed by atoms with Crippen molar-refractivity contribution in [2.75, 3.05) is 6.61 Å². The number of nitro benzene ring substituents is 1. The quantitative estimate of drug-likeness (QED) is 0.485. The van der Waals surface area contributed by atoms with E-state index in [-0.39, 0.29) is 17.9 Å².